The second kappa shape index (κ2) is 6.03. The number of aromatic nitrogens is 3. The topological polar surface area (TPSA) is 112 Å². The minimum Gasteiger partial charge on any atom is -0.383 e. The molecule has 7 heteroatoms. The highest BCUT2D eigenvalue weighted by Gasteiger charge is 2.11. The summed E-state index contributed by atoms with van der Waals surface area (Å²) in [6, 6.07) is 13.2. The molecule has 7 nitrogen and oxygen atoms in total. The first kappa shape index (κ1) is 15.9. The van der Waals surface area contributed by atoms with Gasteiger partial charge in [0.15, 0.2) is 0 Å². The minimum atomic E-state index is -0.122. The first-order valence-corrected chi connectivity index (χ1v) is 8.17. The zero-order valence-corrected chi connectivity index (χ0v) is 14.2. The number of fused-ring (bicyclic) bond motifs is 2. The number of nitrogen functional groups attached to an aromatic ring is 2. The SMILES string of the molecule is Cn1ccc2c(C(=O)NCc3ccc4c(N)nc(N)nc4c3)cccc21. The summed E-state index contributed by atoms with van der Waals surface area (Å²) in [5.41, 5.74) is 14.7. The highest BCUT2D eigenvalue weighted by atomic mass is 16.1. The van der Waals surface area contributed by atoms with Crippen LogP contribution in [-0.4, -0.2) is 20.4 Å². The number of nitrogens with one attached hydrogen (secondary N) is 1. The van der Waals surface area contributed by atoms with Crippen LogP contribution in [0.2, 0.25) is 0 Å². The van der Waals surface area contributed by atoms with Crippen molar-refractivity contribution in [2.45, 2.75) is 6.54 Å². The van der Waals surface area contributed by atoms with Crippen LogP contribution in [0.25, 0.3) is 21.8 Å². The molecular formula is C19H18N6O. The van der Waals surface area contributed by atoms with Crippen molar-refractivity contribution in [1.82, 2.24) is 19.9 Å². The van der Waals surface area contributed by atoms with E-state index in [9.17, 15) is 4.79 Å². The van der Waals surface area contributed by atoms with Gasteiger partial charge in [0.2, 0.25) is 5.95 Å². The van der Waals surface area contributed by atoms with Crippen molar-refractivity contribution in [3.05, 3.63) is 59.8 Å². The maximum atomic E-state index is 12.6. The van der Waals surface area contributed by atoms with E-state index in [1.807, 2.05) is 60.3 Å². The number of nitrogens with two attached hydrogens (primary N) is 2. The molecule has 0 saturated carbocycles. The Bertz CT molecular complexity index is 1150. The van der Waals surface area contributed by atoms with Crippen LogP contribution in [0.5, 0.6) is 0 Å². The number of carbonyl (C=O) groups is 1. The molecule has 2 aromatic carbocycles. The van der Waals surface area contributed by atoms with Gasteiger partial charge in [-0.3, -0.25) is 4.79 Å². The van der Waals surface area contributed by atoms with E-state index in [1.54, 1.807) is 0 Å². The molecule has 0 radical (unpaired) electrons. The summed E-state index contributed by atoms with van der Waals surface area (Å²) in [4.78, 5) is 20.8. The van der Waals surface area contributed by atoms with Crippen molar-refractivity contribution in [2.75, 3.05) is 11.5 Å². The third kappa shape index (κ3) is 2.69. The fraction of sp³-hybridized carbons (Fsp3) is 0.105. The van der Waals surface area contributed by atoms with Gasteiger partial charge in [0.1, 0.15) is 5.82 Å². The number of rotatable bonds is 3. The molecule has 0 unspecified atom stereocenters. The number of anilines is 2. The predicted octanol–water partition coefficient (Wildman–Crippen LogP) is 2.22. The molecular weight excluding hydrogens is 328 g/mol. The maximum Gasteiger partial charge on any atom is 0.252 e. The van der Waals surface area contributed by atoms with Gasteiger partial charge < -0.3 is 21.4 Å². The van der Waals surface area contributed by atoms with E-state index in [1.165, 1.54) is 0 Å². The fourth-order valence-corrected chi connectivity index (χ4v) is 3.11. The Labute approximate surface area is 149 Å². The Morgan fingerprint density at radius 3 is 2.81 bits per heavy atom. The standard InChI is InChI=1S/C19H18N6O/c1-25-8-7-12-13(3-2-4-16(12)25)18(26)22-10-11-5-6-14-15(9-11)23-19(21)24-17(14)20/h2-9H,10H2,1H3,(H,22,26)(H4,20,21,23,24). The molecule has 0 atom stereocenters. The van der Waals surface area contributed by atoms with Gasteiger partial charge in [0.05, 0.1) is 5.52 Å². The minimum absolute atomic E-state index is 0.122. The Kier molecular flexibility index (Phi) is 3.69. The summed E-state index contributed by atoms with van der Waals surface area (Å²) >= 11 is 0. The van der Waals surface area contributed by atoms with Crippen molar-refractivity contribution in [2.24, 2.45) is 7.05 Å². The summed E-state index contributed by atoms with van der Waals surface area (Å²) in [7, 11) is 1.96. The van der Waals surface area contributed by atoms with Gasteiger partial charge in [-0.2, -0.15) is 4.98 Å². The number of benzene rings is 2. The quantitative estimate of drug-likeness (QED) is 0.526. The van der Waals surface area contributed by atoms with Crippen molar-refractivity contribution < 1.29 is 4.79 Å². The van der Waals surface area contributed by atoms with Gasteiger partial charge in [-0.25, -0.2) is 4.98 Å². The second-order valence-electron chi connectivity index (χ2n) is 6.17. The van der Waals surface area contributed by atoms with Gasteiger partial charge in [0.25, 0.3) is 5.91 Å². The van der Waals surface area contributed by atoms with Crippen molar-refractivity contribution in [1.29, 1.82) is 0 Å². The molecule has 0 aliphatic carbocycles. The smallest absolute Gasteiger partial charge is 0.252 e. The van der Waals surface area contributed by atoms with Crippen LogP contribution >= 0.6 is 0 Å². The zero-order valence-electron chi connectivity index (χ0n) is 14.2. The third-order valence-electron chi connectivity index (χ3n) is 4.43. The lowest BCUT2D eigenvalue weighted by atomic mass is 10.1. The first-order chi connectivity index (χ1) is 12.5. The number of hydrogen-bond donors (Lipinski definition) is 3. The molecule has 0 aliphatic heterocycles. The average Bonchev–Trinajstić information content (AvgIpc) is 3.00. The van der Waals surface area contributed by atoms with Crippen LogP contribution in [-0.2, 0) is 13.6 Å². The fourth-order valence-electron chi connectivity index (χ4n) is 3.11. The van der Waals surface area contributed by atoms with E-state index in [0.29, 0.717) is 23.4 Å². The molecule has 0 bridgehead atoms. The molecule has 0 aliphatic rings. The summed E-state index contributed by atoms with van der Waals surface area (Å²) in [6.07, 6.45) is 1.94. The van der Waals surface area contributed by atoms with E-state index in [2.05, 4.69) is 15.3 Å². The van der Waals surface area contributed by atoms with Crippen molar-refractivity contribution in [3.63, 3.8) is 0 Å². The van der Waals surface area contributed by atoms with Crippen LogP contribution in [0.4, 0.5) is 11.8 Å². The van der Waals surface area contributed by atoms with E-state index >= 15 is 0 Å². The van der Waals surface area contributed by atoms with Crippen molar-refractivity contribution >= 4 is 39.5 Å². The molecule has 4 aromatic rings. The summed E-state index contributed by atoms with van der Waals surface area (Å²) in [5, 5.41) is 4.63. The lowest BCUT2D eigenvalue weighted by Crippen LogP contribution is -2.23. The normalized spacial score (nSPS) is 11.1. The van der Waals surface area contributed by atoms with Crippen LogP contribution in [0.3, 0.4) is 0 Å². The molecule has 130 valence electrons. The maximum absolute atomic E-state index is 12.6. The third-order valence-corrected chi connectivity index (χ3v) is 4.43. The lowest BCUT2D eigenvalue weighted by Gasteiger charge is -2.09. The Balaban J connectivity index is 1.58. The van der Waals surface area contributed by atoms with Crippen LogP contribution < -0.4 is 16.8 Å². The summed E-state index contributed by atoms with van der Waals surface area (Å²) in [6.45, 7) is 0.377. The van der Waals surface area contributed by atoms with Crippen LogP contribution in [0.15, 0.2) is 48.7 Å². The molecule has 26 heavy (non-hydrogen) atoms. The van der Waals surface area contributed by atoms with Crippen LogP contribution in [0.1, 0.15) is 15.9 Å². The highest BCUT2D eigenvalue weighted by molar-refractivity contribution is 6.06. The average molecular weight is 346 g/mol. The largest absolute Gasteiger partial charge is 0.383 e. The highest BCUT2D eigenvalue weighted by Crippen LogP contribution is 2.21. The molecule has 0 fully saturated rings. The molecule has 0 spiro atoms. The molecule has 4 rings (SSSR count). The van der Waals surface area contributed by atoms with Crippen LogP contribution in [0, 0.1) is 0 Å². The Morgan fingerprint density at radius 1 is 1.12 bits per heavy atom. The van der Waals surface area contributed by atoms with Crippen molar-refractivity contribution in [3.8, 4) is 0 Å². The monoisotopic (exact) mass is 346 g/mol. The molecule has 1 amide bonds. The molecule has 5 N–H and O–H groups in total. The van der Waals surface area contributed by atoms with E-state index in [-0.39, 0.29) is 11.9 Å². The predicted molar refractivity (Wildman–Crippen MR) is 102 cm³/mol. The number of amides is 1. The van der Waals surface area contributed by atoms with E-state index in [4.69, 9.17) is 11.5 Å². The Hall–Kier alpha value is -3.61. The zero-order chi connectivity index (χ0) is 18.3. The van der Waals surface area contributed by atoms with E-state index < -0.39 is 0 Å². The number of hydrogen-bond acceptors (Lipinski definition) is 5. The molecule has 2 aromatic heterocycles. The molecule has 0 saturated heterocycles. The van der Waals surface area contributed by atoms with Gasteiger partial charge >= 0.3 is 0 Å². The van der Waals surface area contributed by atoms with E-state index in [0.717, 1.165) is 21.9 Å². The van der Waals surface area contributed by atoms with Gasteiger partial charge in [-0.05, 0) is 35.9 Å². The second-order valence-corrected chi connectivity index (χ2v) is 6.17. The number of aryl methyl sites for hydroxylation is 1. The van der Waals surface area contributed by atoms with Gasteiger partial charge in [-0.1, -0.05) is 12.1 Å². The van der Waals surface area contributed by atoms with Gasteiger partial charge in [0, 0.05) is 41.6 Å². The Morgan fingerprint density at radius 2 is 1.96 bits per heavy atom. The number of nitrogens with zero attached hydrogens (tertiary/aromatic N) is 3. The summed E-state index contributed by atoms with van der Waals surface area (Å²) in [5.74, 6) is 0.356. The summed E-state index contributed by atoms with van der Waals surface area (Å²) < 4.78 is 1.99. The van der Waals surface area contributed by atoms with Gasteiger partial charge in [-0.15, -0.1) is 0 Å². The lowest BCUT2D eigenvalue weighted by molar-refractivity contribution is 0.0952. The first-order valence-electron chi connectivity index (χ1n) is 8.17. The molecule has 2 heterocycles. The number of carbonyl (C=O) groups excluding carboxylic acids is 1.